The van der Waals surface area contributed by atoms with Crippen molar-refractivity contribution in [1.82, 2.24) is 19.9 Å². The van der Waals surface area contributed by atoms with Gasteiger partial charge in [0.25, 0.3) is 0 Å². The molecule has 0 bridgehead atoms. The molecule has 9 nitrogen and oxygen atoms in total. The second-order valence-electron chi connectivity index (χ2n) is 10.2. The Kier molecular flexibility index (Phi) is 7.56. The van der Waals surface area contributed by atoms with Crippen LogP contribution in [0, 0.1) is 25.7 Å². The van der Waals surface area contributed by atoms with Gasteiger partial charge < -0.3 is 26.0 Å². The number of aliphatic hydroxyl groups is 3. The highest BCUT2D eigenvalue weighted by molar-refractivity contribution is 7.21. The fourth-order valence-electron chi connectivity index (χ4n) is 4.29. The largest absolute Gasteiger partial charge is 0.390 e. The summed E-state index contributed by atoms with van der Waals surface area (Å²) in [5.41, 5.74) is 2.12. The molecule has 0 saturated heterocycles. The number of anilines is 2. The van der Waals surface area contributed by atoms with Crippen molar-refractivity contribution in [2.45, 2.75) is 78.2 Å². The van der Waals surface area contributed by atoms with Gasteiger partial charge >= 0.3 is 0 Å². The number of hydrogen-bond donors (Lipinski definition) is 5. The summed E-state index contributed by atoms with van der Waals surface area (Å²) in [7, 11) is 0. The fraction of sp³-hybridized carbons (Fsp3) is 0.600. The van der Waals surface area contributed by atoms with Gasteiger partial charge in [-0.3, -0.25) is 4.98 Å². The lowest BCUT2D eigenvalue weighted by Crippen LogP contribution is -2.41. The summed E-state index contributed by atoms with van der Waals surface area (Å²) in [6.45, 7) is 9.97. The summed E-state index contributed by atoms with van der Waals surface area (Å²) < 4.78 is 1.01. The van der Waals surface area contributed by atoms with Crippen LogP contribution in [0.25, 0.3) is 20.8 Å². The van der Waals surface area contributed by atoms with Gasteiger partial charge in [0.1, 0.15) is 22.4 Å². The Labute approximate surface area is 210 Å². The van der Waals surface area contributed by atoms with E-state index in [1.165, 1.54) is 24.2 Å². The van der Waals surface area contributed by atoms with Gasteiger partial charge in [0.05, 0.1) is 27.3 Å². The molecule has 0 spiro atoms. The molecule has 3 heterocycles. The van der Waals surface area contributed by atoms with Crippen LogP contribution in [0.15, 0.2) is 12.3 Å². The molecule has 10 heteroatoms. The highest BCUT2D eigenvalue weighted by Crippen LogP contribution is 2.37. The number of thiazole rings is 1. The van der Waals surface area contributed by atoms with Crippen molar-refractivity contribution in [3.8, 4) is 10.6 Å². The normalized spacial score (nSPS) is 16.8. The molecule has 1 saturated carbocycles. The van der Waals surface area contributed by atoms with E-state index < -0.39 is 17.9 Å². The van der Waals surface area contributed by atoms with E-state index in [0.29, 0.717) is 36.1 Å². The number of hydrogen-bond acceptors (Lipinski definition) is 10. The van der Waals surface area contributed by atoms with E-state index >= 15 is 0 Å². The van der Waals surface area contributed by atoms with Gasteiger partial charge in [-0.15, -0.1) is 11.3 Å². The molecule has 4 rings (SSSR count). The van der Waals surface area contributed by atoms with Crippen molar-refractivity contribution in [3.63, 3.8) is 0 Å². The summed E-state index contributed by atoms with van der Waals surface area (Å²) in [6.07, 6.45) is 2.76. The molecule has 1 unspecified atom stereocenters. The van der Waals surface area contributed by atoms with Crippen LogP contribution < -0.4 is 10.6 Å². The summed E-state index contributed by atoms with van der Waals surface area (Å²) >= 11 is 1.51. The molecule has 0 radical (unpaired) electrons. The Morgan fingerprint density at radius 3 is 2.51 bits per heavy atom. The van der Waals surface area contributed by atoms with Crippen molar-refractivity contribution in [1.29, 1.82) is 0 Å². The zero-order valence-corrected chi connectivity index (χ0v) is 21.9. The van der Waals surface area contributed by atoms with Crippen LogP contribution in [0.3, 0.4) is 0 Å². The van der Waals surface area contributed by atoms with Crippen LogP contribution in [0.1, 0.15) is 57.8 Å². The molecule has 3 atom stereocenters. The Hall–Kier alpha value is -2.40. The van der Waals surface area contributed by atoms with E-state index in [0.717, 1.165) is 33.2 Å². The van der Waals surface area contributed by atoms with Crippen LogP contribution >= 0.6 is 11.3 Å². The average molecular weight is 501 g/mol. The number of nitrogens with one attached hydrogen (secondary N) is 2. The lowest BCUT2D eigenvalue weighted by atomic mass is 9.86. The van der Waals surface area contributed by atoms with E-state index in [4.69, 9.17) is 4.98 Å². The topological polar surface area (TPSA) is 136 Å². The molecule has 1 fully saturated rings. The van der Waals surface area contributed by atoms with Crippen molar-refractivity contribution in [2.24, 2.45) is 11.8 Å². The molecule has 0 amide bonds. The lowest BCUT2D eigenvalue weighted by molar-refractivity contribution is -0.0361. The molecule has 190 valence electrons. The Balaban J connectivity index is 1.68. The molecule has 0 aliphatic heterocycles. The molecular formula is C25H36N6O3S. The minimum absolute atomic E-state index is 0.299. The summed E-state index contributed by atoms with van der Waals surface area (Å²) in [5, 5.41) is 39.2. The molecule has 3 aromatic rings. The van der Waals surface area contributed by atoms with Gasteiger partial charge in [-0.1, -0.05) is 13.3 Å². The van der Waals surface area contributed by atoms with Crippen LogP contribution in [-0.4, -0.2) is 59.7 Å². The number of aromatic nitrogens is 4. The minimum Gasteiger partial charge on any atom is -0.390 e. The molecule has 1 aliphatic rings. The highest BCUT2D eigenvalue weighted by atomic mass is 32.1. The van der Waals surface area contributed by atoms with Gasteiger partial charge in [-0.05, 0) is 64.9 Å². The number of nitrogens with zero attached hydrogens (tertiary/aromatic N) is 4. The lowest BCUT2D eigenvalue weighted by Gasteiger charge is -2.31. The van der Waals surface area contributed by atoms with Crippen molar-refractivity contribution < 1.29 is 15.3 Å². The third-order valence-electron chi connectivity index (χ3n) is 6.42. The quantitative estimate of drug-likeness (QED) is 0.249. The first kappa shape index (κ1) is 25.7. The SMILES string of the molecule is CCC(CC(C)(C)O)[C@@H](O)[C@@H](O)Nc1nc(NCC2CC2)nc(C)c1-c1nc2c(C)nccc2s1. The standard InChI is InChI=1S/C25H36N6O3S/c1-6-16(11-25(4,5)34)20(32)22(33)30-21-18(13(2)28-24(31-21)27-12-15-7-8-15)23-29-19-14(3)26-10-9-17(19)35-23/h9-10,15-16,20,22,32-34H,6-8,11-12H2,1-5H3,(H2,27,28,30,31)/t16?,20-,22-/m1/s1. The van der Waals surface area contributed by atoms with Crippen molar-refractivity contribution in [2.75, 3.05) is 17.2 Å². The zero-order valence-electron chi connectivity index (χ0n) is 21.0. The second-order valence-corrected chi connectivity index (χ2v) is 11.2. The molecule has 5 N–H and O–H groups in total. The summed E-state index contributed by atoms with van der Waals surface area (Å²) in [4.78, 5) is 18.5. The number of pyridine rings is 1. The first-order valence-electron chi connectivity index (χ1n) is 12.3. The van der Waals surface area contributed by atoms with Gasteiger partial charge in [0.2, 0.25) is 5.95 Å². The van der Waals surface area contributed by atoms with E-state index in [1.807, 2.05) is 26.8 Å². The maximum absolute atomic E-state index is 11.0. The third kappa shape index (κ3) is 6.24. The van der Waals surface area contributed by atoms with Crippen LogP contribution in [0.4, 0.5) is 11.8 Å². The molecule has 3 aromatic heterocycles. The van der Waals surface area contributed by atoms with E-state index in [9.17, 15) is 15.3 Å². The fourth-order valence-corrected chi connectivity index (χ4v) is 5.40. The summed E-state index contributed by atoms with van der Waals surface area (Å²) in [6, 6.07) is 1.93. The molecular weight excluding hydrogens is 464 g/mol. The first-order chi connectivity index (χ1) is 16.6. The second kappa shape index (κ2) is 10.3. The number of fused-ring (bicyclic) bond motifs is 1. The molecule has 0 aromatic carbocycles. The van der Waals surface area contributed by atoms with Crippen LogP contribution in [-0.2, 0) is 0 Å². The van der Waals surface area contributed by atoms with Gasteiger partial charge in [0.15, 0.2) is 6.23 Å². The van der Waals surface area contributed by atoms with E-state index in [-0.39, 0.29) is 5.92 Å². The molecule has 35 heavy (non-hydrogen) atoms. The third-order valence-corrected chi connectivity index (χ3v) is 7.46. The average Bonchev–Trinajstić information content (AvgIpc) is 3.52. The van der Waals surface area contributed by atoms with Crippen LogP contribution in [0.2, 0.25) is 0 Å². The Morgan fingerprint density at radius 1 is 1.14 bits per heavy atom. The van der Waals surface area contributed by atoms with E-state index in [1.54, 1.807) is 20.0 Å². The van der Waals surface area contributed by atoms with Crippen LogP contribution in [0.5, 0.6) is 0 Å². The van der Waals surface area contributed by atoms with Gasteiger partial charge in [-0.25, -0.2) is 9.97 Å². The zero-order chi connectivity index (χ0) is 25.3. The predicted octanol–water partition coefficient (Wildman–Crippen LogP) is 3.87. The number of aryl methyl sites for hydroxylation is 2. The predicted molar refractivity (Wildman–Crippen MR) is 139 cm³/mol. The Bertz CT molecular complexity index is 1170. The number of aliphatic hydroxyl groups excluding tert-OH is 2. The van der Waals surface area contributed by atoms with Gasteiger partial charge in [-0.2, -0.15) is 4.98 Å². The maximum atomic E-state index is 11.0. The van der Waals surface area contributed by atoms with Gasteiger partial charge in [0, 0.05) is 12.7 Å². The van der Waals surface area contributed by atoms with E-state index in [2.05, 4.69) is 25.6 Å². The van der Waals surface area contributed by atoms with Crippen molar-refractivity contribution in [3.05, 3.63) is 23.7 Å². The Morgan fingerprint density at radius 2 is 1.89 bits per heavy atom. The monoisotopic (exact) mass is 500 g/mol. The van der Waals surface area contributed by atoms with Crippen molar-refractivity contribution >= 4 is 33.3 Å². The minimum atomic E-state index is -1.29. The first-order valence-corrected chi connectivity index (χ1v) is 13.1. The number of rotatable bonds is 11. The maximum Gasteiger partial charge on any atom is 0.224 e. The summed E-state index contributed by atoms with van der Waals surface area (Å²) in [5.74, 6) is 1.23. The smallest absolute Gasteiger partial charge is 0.224 e. The highest BCUT2D eigenvalue weighted by Gasteiger charge is 2.31. The molecule has 1 aliphatic carbocycles.